The van der Waals surface area contributed by atoms with E-state index < -0.39 is 0 Å². The van der Waals surface area contributed by atoms with E-state index in [1.165, 1.54) is 0 Å². The van der Waals surface area contributed by atoms with Gasteiger partial charge >= 0.3 is 0 Å². The lowest BCUT2D eigenvalue weighted by atomic mass is 10.3. The fourth-order valence-electron chi connectivity index (χ4n) is 1.89. The van der Waals surface area contributed by atoms with Crippen molar-refractivity contribution in [2.24, 2.45) is 0 Å². The van der Waals surface area contributed by atoms with E-state index in [9.17, 15) is 4.79 Å². The highest BCUT2D eigenvalue weighted by Gasteiger charge is 2.09. The van der Waals surface area contributed by atoms with Crippen molar-refractivity contribution < 1.29 is 9.53 Å². The fraction of sp³-hybridized carbons (Fsp3) is 0.353. The van der Waals surface area contributed by atoms with Crippen molar-refractivity contribution in [2.75, 3.05) is 25.0 Å². The molecule has 4 heteroatoms. The number of carbonyl (C=O) groups is 1. The Kier molecular flexibility index (Phi) is 7.26. The summed E-state index contributed by atoms with van der Waals surface area (Å²) in [6.45, 7) is 12.9. The van der Waals surface area contributed by atoms with Crippen molar-refractivity contribution in [1.29, 1.82) is 0 Å². The predicted molar refractivity (Wildman–Crippen MR) is 87.7 cm³/mol. The number of amides is 1. The first-order chi connectivity index (χ1) is 10.0. The molecule has 0 saturated heterocycles. The van der Waals surface area contributed by atoms with E-state index in [2.05, 4.69) is 18.5 Å². The molecule has 21 heavy (non-hydrogen) atoms. The van der Waals surface area contributed by atoms with Gasteiger partial charge in [-0.05, 0) is 26.0 Å². The average molecular weight is 288 g/mol. The summed E-state index contributed by atoms with van der Waals surface area (Å²) in [6.07, 6.45) is 3.65. The molecular weight excluding hydrogens is 264 g/mol. The molecule has 1 aromatic rings. The third kappa shape index (κ3) is 6.77. The molecule has 0 aromatic heterocycles. The van der Waals surface area contributed by atoms with Crippen molar-refractivity contribution in [1.82, 2.24) is 4.90 Å². The van der Waals surface area contributed by atoms with E-state index in [1.807, 2.05) is 43.0 Å². The van der Waals surface area contributed by atoms with E-state index in [1.54, 1.807) is 12.2 Å². The lowest BCUT2D eigenvalue weighted by Gasteiger charge is -2.18. The maximum absolute atomic E-state index is 12.0. The molecule has 0 aliphatic heterocycles. The van der Waals surface area contributed by atoms with E-state index >= 15 is 0 Å². The third-order valence-electron chi connectivity index (χ3n) is 2.63. The number of nitrogens with one attached hydrogen (secondary N) is 1. The van der Waals surface area contributed by atoms with Gasteiger partial charge in [-0.3, -0.25) is 9.69 Å². The Bertz CT molecular complexity index is 473. The van der Waals surface area contributed by atoms with E-state index in [4.69, 9.17) is 4.74 Å². The second-order valence-electron chi connectivity index (χ2n) is 5.01. The number of ether oxygens (including phenoxy) is 1. The van der Waals surface area contributed by atoms with Crippen LogP contribution in [0.25, 0.3) is 0 Å². The van der Waals surface area contributed by atoms with Crippen LogP contribution in [-0.4, -0.2) is 36.5 Å². The largest absolute Gasteiger partial charge is 0.491 e. The Labute approximate surface area is 127 Å². The van der Waals surface area contributed by atoms with Gasteiger partial charge < -0.3 is 10.1 Å². The molecule has 1 aromatic carbocycles. The van der Waals surface area contributed by atoms with Gasteiger partial charge in [0.2, 0.25) is 5.91 Å². The minimum absolute atomic E-state index is 0.0691. The van der Waals surface area contributed by atoms with Gasteiger partial charge in [-0.25, -0.2) is 0 Å². The Morgan fingerprint density at radius 3 is 2.57 bits per heavy atom. The summed E-state index contributed by atoms with van der Waals surface area (Å²) < 4.78 is 5.61. The van der Waals surface area contributed by atoms with Crippen LogP contribution in [0.3, 0.4) is 0 Å². The van der Waals surface area contributed by atoms with Gasteiger partial charge in [0, 0.05) is 24.8 Å². The van der Waals surface area contributed by atoms with Crippen molar-refractivity contribution in [3.05, 3.63) is 49.6 Å². The smallest absolute Gasteiger partial charge is 0.238 e. The first-order valence-electron chi connectivity index (χ1n) is 7.06. The van der Waals surface area contributed by atoms with Crippen molar-refractivity contribution in [2.45, 2.75) is 20.0 Å². The maximum atomic E-state index is 12.0. The number of carbonyl (C=O) groups excluding carboxylic acids is 1. The molecule has 0 fully saturated rings. The molecule has 0 bridgehead atoms. The Hall–Kier alpha value is -2.07. The Morgan fingerprint density at radius 2 is 2.00 bits per heavy atom. The quantitative estimate of drug-likeness (QED) is 0.710. The molecule has 0 aliphatic carbocycles. The summed E-state index contributed by atoms with van der Waals surface area (Å²) in [5.41, 5.74) is 0.732. The SMILES string of the molecule is C=CCN(CC=C)CC(=O)Nc1cccc(OC(C)C)c1. The molecule has 1 N–H and O–H groups in total. The van der Waals surface area contributed by atoms with Crippen LogP contribution in [0.2, 0.25) is 0 Å². The van der Waals surface area contributed by atoms with E-state index in [-0.39, 0.29) is 12.0 Å². The summed E-state index contributed by atoms with van der Waals surface area (Å²) in [5, 5.41) is 2.87. The van der Waals surface area contributed by atoms with Gasteiger partial charge in [0.05, 0.1) is 12.6 Å². The first-order valence-corrected chi connectivity index (χ1v) is 7.06. The van der Waals surface area contributed by atoms with Gasteiger partial charge in [-0.15, -0.1) is 13.2 Å². The molecule has 0 aliphatic rings. The normalized spacial score (nSPS) is 10.5. The predicted octanol–water partition coefficient (Wildman–Crippen LogP) is 3.09. The van der Waals surface area contributed by atoms with Crippen LogP contribution in [-0.2, 0) is 4.79 Å². The summed E-state index contributed by atoms with van der Waals surface area (Å²) >= 11 is 0. The molecule has 4 nitrogen and oxygen atoms in total. The molecular formula is C17H24N2O2. The highest BCUT2D eigenvalue weighted by atomic mass is 16.5. The Balaban J connectivity index is 2.60. The number of benzene rings is 1. The van der Waals surface area contributed by atoms with E-state index in [0.29, 0.717) is 19.6 Å². The lowest BCUT2D eigenvalue weighted by Crippen LogP contribution is -2.33. The van der Waals surface area contributed by atoms with Gasteiger partial charge in [0.25, 0.3) is 0 Å². The minimum Gasteiger partial charge on any atom is -0.491 e. The molecule has 0 unspecified atom stereocenters. The second kappa shape index (κ2) is 8.97. The molecule has 0 atom stereocenters. The summed E-state index contributed by atoms with van der Waals surface area (Å²) in [5.74, 6) is 0.678. The van der Waals surface area contributed by atoms with Gasteiger partial charge in [-0.2, -0.15) is 0 Å². The van der Waals surface area contributed by atoms with Crippen LogP contribution < -0.4 is 10.1 Å². The van der Waals surface area contributed by atoms with Crippen LogP contribution in [0.15, 0.2) is 49.6 Å². The van der Waals surface area contributed by atoms with Gasteiger partial charge in [-0.1, -0.05) is 18.2 Å². The molecule has 0 heterocycles. The molecule has 1 rings (SSSR count). The topological polar surface area (TPSA) is 41.6 Å². The summed E-state index contributed by atoms with van der Waals surface area (Å²) in [4.78, 5) is 14.0. The monoisotopic (exact) mass is 288 g/mol. The van der Waals surface area contributed by atoms with Crippen LogP contribution in [0.1, 0.15) is 13.8 Å². The fourth-order valence-corrected chi connectivity index (χ4v) is 1.89. The van der Waals surface area contributed by atoms with E-state index in [0.717, 1.165) is 11.4 Å². The van der Waals surface area contributed by atoms with Gasteiger partial charge in [0.15, 0.2) is 0 Å². The number of hydrogen-bond acceptors (Lipinski definition) is 3. The second-order valence-corrected chi connectivity index (χ2v) is 5.01. The number of anilines is 1. The maximum Gasteiger partial charge on any atom is 0.238 e. The average Bonchev–Trinajstić information content (AvgIpc) is 2.38. The number of hydrogen-bond donors (Lipinski definition) is 1. The molecule has 0 radical (unpaired) electrons. The van der Waals surface area contributed by atoms with Crippen LogP contribution in [0.5, 0.6) is 5.75 Å². The van der Waals surface area contributed by atoms with Crippen LogP contribution in [0.4, 0.5) is 5.69 Å². The van der Waals surface area contributed by atoms with Crippen molar-refractivity contribution >= 4 is 11.6 Å². The number of rotatable bonds is 9. The third-order valence-corrected chi connectivity index (χ3v) is 2.63. The van der Waals surface area contributed by atoms with Gasteiger partial charge in [0.1, 0.15) is 5.75 Å². The van der Waals surface area contributed by atoms with Crippen LogP contribution in [0, 0.1) is 0 Å². The lowest BCUT2D eigenvalue weighted by molar-refractivity contribution is -0.117. The standard InChI is InChI=1S/C17H24N2O2/c1-5-10-19(11-6-2)13-17(20)18-15-8-7-9-16(12-15)21-14(3)4/h5-9,12,14H,1-2,10-11,13H2,3-4H3,(H,18,20). The molecule has 114 valence electrons. The zero-order valence-electron chi connectivity index (χ0n) is 12.8. The summed E-state index contributed by atoms with van der Waals surface area (Å²) in [6, 6.07) is 7.40. The van der Waals surface area contributed by atoms with Crippen LogP contribution >= 0.6 is 0 Å². The highest BCUT2D eigenvalue weighted by Crippen LogP contribution is 2.18. The molecule has 0 spiro atoms. The zero-order chi connectivity index (χ0) is 15.7. The Morgan fingerprint density at radius 1 is 1.33 bits per heavy atom. The summed E-state index contributed by atoms with van der Waals surface area (Å²) in [7, 11) is 0. The zero-order valence-corrected chi connectivity index (χ0v) is 12.8. The number of nitrogens with zero attached hydrogens (tertiary/aromatic N) is 1. The van der Waals surface area contributed by atoms with Crippen molar-refractivity contribution in [3.8, 4) is 5.75 Å². The minimum atomic E-state index is -0.0691. The molecule has 0 saturated carbocycles. The first kappa shape index (κ1) is 17.0. The molecule has 1 amide bonds. The van der Waals surface area contributed by atoms with Crippen molar-refractivity contribution in [3.63, 3.8) is 0 Å². The highest BCUT2D eigenvalue weighted by molar-refractivity contribution is 5.92.